The van der Waals surface area contributed by atoms with Gasteiger partial charge in [0.25, 0.3) is 0 Å². The molecule has 5 saturated carbocycles. The van der Waals surface area contributed by atoms with E-state index in [0.29, 0.717) is 22.7 Å². The van der Waals surface area contributed by atoms with Crippen LogP contribution < -0.4 is 0 Å². The van der Waals surface area contributed by atoms with Gasteiger partial charge in [-0.3, -0.25) is 0 Å². The summed E-state index contributed by atoms with van der Waals surface area (Å²) in [6.07, 6.45) is 10.8. The number of aliphatic hydroxyl groups excluding tert-OH is 2. The number of hydrogen-bond acceptors (Lipinski definition) is 3. The van der Waals surface area contributed by atoms with Crippen molar-refractivity contribution < 1.29 is 20.1 Å². The van der Waals surface area contributed by atoms with E-state index >= 15 is 0 Å². The molecule has 11 atom stereocenters. The lowest BCUT2D eigenvalue weighted by Gasteiger charge is -2.63. The highest BCUT2D eigenvalue weighted by molar-refractivity contribution is 5.31. The number of hydrogen-bond donors (Lipinski definition) is 2. The van der Waals surface area contributed by atoms with Crippen LogP contribution in [0.1, 0.15) is 113 Å². The summed E-state index contributed by atoms with van der Waals surface area (Å²) in [5.74, 6) is 1.46. The molecule has 0 aromatic carbocycles. The summed E-state index contributed by atoms with van der Waals surface area (Å²) in [5, 5.41) is 31.2. The molecule has 0 aromatic rings. The van der Waals surface area contributed by atoms with E-state index in [2.05, 4.69) is 34.6 Å². The van der Waals surface area contributed by atoms with Gasteiger partial charge in [0.15, 0.2) is 5.60 Å². The average Bonchev–Trinajstić information content (AvgIpc) is 3.11. The van der Waals surface area contributed by atoms with Gasteiger partial charge < -0.3 is 20.1 Å². The van der Waals surface area contributed by atoms with Crippen molar-refractivity contribution in [3.05, 3.63) is 0 Å². The van der Waals surface area contributed by atoms with Crippen molar-refractivity contribution in [2.45, 2.75) is 142 Å². The Morgan fingerprint density at radius 2 is 1.44 bits per heavy atom. The Morgan fingerprint density at radius 1 is 0.794 bits per heavy atom. The summed E-state index contributed by atoms with van der Waals surface area (Å²) in [5.41, 5.74) is 0.145. The lowest BCUT2D eigenvalue weighted by molar-refractivity contribution is -0.195. The van der Waals surface area contributed by atoms with Crippen molar-refractivity contribution in [2.24, 2.45) is 44.8 Å². The third-order valence-corrected chi connectivity index (χ3v) is 13.8. The van der Waals surface area contributed by atoms with Crippen LogP contribution in [0.2, 0.25) is 0 Å². The fourth-order valence-electron chi connectivity index (χ4n) is 12.1. The first-order valence-electron chi connectivity index (χ1n) is 14.4. The van der Waals surface area contributed by atoms with Gasteiger partial charge in [-0.25, -0.2) is 0 Å². The van der Waals surface area contributed by atoms with E-state index in [1.165, 1.54) is 38.5 Å². The molecular weight excluding hydrogens is 424 g/mol. The van der Waals surface area contributed by atoms with E-state index in [9.17, 15) is 10.2 Å². The van der Waals surface area contributed by atoms with Crippen molar-refractivity contribution in [2.75, 3.05) is 0 Å². The van der Waals surface area contributed by atoms with Gasteiger partial charge in [-0.1, -0.05) is 27.7 Å². The Morgan fingerprint density at radius 3 is 2.09 bits per heavy atom. The highest BCUT2D eigenvalue weighted by atomic mass is 16.5. The third kappa shape index (κ3) is 2.60. The second-order valence-corrected chi connectivity index (χ2v) is 15.8. The van der Waals surface area contributed by atoms with Gasteiger partial charge >= 0.3 is 0 Å². The Labute approximate surface area is 207 Å². The zero-order valence-corrected chi connectivity index (χ0v) is 22.8. The fraction of sp³-hybridized carbons (Fsp3) is 1.00. The van der Waals surface area contributed by atoms with Crippen molar-refractivity contribution in [1.82, 2.24) is 0 Å². The van der Waals surface area contributed by atoms with Gasteiger partial charge in [-0.2, -0.15) is 0 Å². The molecule has 34 heavy (non-hydrogen) atoms. The second kappa shape index (κ2) is 6.63. The molecule has 0 aromatic heterocycles. The summed E-state index contributed by atoms with van der Waals surface area (Å²) in [6.45, 7) is 15.9. The van der Waals surface area contributed by atoms with Crippen LogP contribution in [0.5, 0.6) is 0 Å². The van der Waals surface area contributed by atoms with E-state index in [0.717, 1.165) is 25.7 Å². The first-order valence-corrected chi connectivity index (χ1v) is 14.4. The number of rotatable bonds is 2. The number of aliphatic hydroxyl groups is 2. The normalized spacial score (nSPS) is 60.2. The van der Waals surface area contributed by atoms with Crippen LogP contribution in [0.3, 0.4) is 0 Å². The molecule has 4 heteroatoms. The van der Waals surface area contributed by atoms with E-state index < -0.39 is 5.60 Å². The maximum absolute atomic E-state index is 11.7. The molecule has 6 aliphatic rings. The lowest BCUT2D eigenvalue weighted by Crippen LogP contribution is -2.59. The third-order valence-electron chi connectivity index (χ3n) is 13.8. The van der Waals surface area contributed by atoms with Crippen molar-refractivity contribution >= 4 is 0 Å². The van der Waals surface area contributed by atoms with E-state index in [1.807, 2.05) is 13.8 Å². The molecule has 1 aliphatic heterocycles. The van der Waals surface area contributed by atoms with E-state index in [4.69, 9.17) is 9.84 Å². The molecule has 8 unspecified atom stereocenters. The predicted molar refractivity (Wildman–Crippen MR) is 134 cm³/mol. The minimum absolute atomic E-state index is 0.0232. The van der Waals surface area contributed by atoms with Crippen LogP contribution in [-0.4, -0.2) is 44.8 Å². The van der Waals surface area contributed by atoms with Gasteiger partial charge in [0.2, 0.25) is 0 Å². The summed E-state index contributed by atoms with van der Waals surface area (Å²) in [6, 6.07) is 0. The van der Waals surface area contributed by atoms with Crippen molar-refractivity contribution in [3.8, 4) is 0 Å². The molecule has 0 radical (unpaired) electrons. The van der Waals surface area contributed by atoms with Gasteiger partial charge in [0.1, 0.15) is 6.10 Å². The lowest BCUT2D eigenvalue weighted by atomic mass is 9.41. The van der Waals surface area contributed by atoms with Crippen LogP contribution in [0, 0.1) is 44.8 Å². The van der Waals surface area contributed by atoms with Crippen LogP contribution in [0.15, 0.2) is 0 Å². The maximum Gasteiger partial charge on any atom is 0.184 e. The average molecular weight is 476 g/mol. The fourth-order valence-corrected chi connectivity index (χ4v) is 12.1. The molecule has 5 aliphatic carbocycles. The Balaban J connectivity index is 1.34. The maximum atomic E-state index is 11.7. The second-order valence-electron chi connectivity index (χ2n) is 15.8. The molecule has 0 bridgehead atoms. The molecule has 1 heterocycles. The number of ether oxygens (including phenoxy) is 1. The monoisotopic (exact) mass is 475 g/mol. The zero-order valence-electron chi connectivity index (χ0n) is 22.8. The van der Waals surface area contributed by atoms with Crippen LogP contribution in [0.25, 0.3) is 0 Å². The summed E-state index contributed by atoms with van der Waals surface area (Å²) in [7, 11) is 0. The highest BCUT2D eigenvalue weighted by Crippen LogP contribution is 2.89. The summed E-state index contributed by atoms with van der Waals surface area (Å²) >= 11 is 0. The van der Waals surface area contributed by atoms with Gasteiger partial charge in [0, 0.05) is 19.8 Å². The molecule has 6 fully saturated rings. The molecule has 4 N–H and O–H groups in total. The van der Waals surface area contributed by atoms with Gasteiger partial charge in [-0.15, -0.1) is 0 Å². The Bertz CT molecular complexity index is 878. The Kier molecular flexibility index (Phi) is 4.72. The topological polar surface area (TPSA) is 72.6 Å². The molecule has 2 spiro atoms. The van der Waals surface area contributed by atoms with E-state index in [1.54, 1.807) is 0 Å². The molecule has 6 rings (SSSR count). The summed E-state index contributed by atoms with van der Waals surface area (Å²) < 4.78 is 6.75. The van der Waals surface area contributed by atoms with Gasteiger partial charge in [0.05, 0.1) is 17.8 Å². The minimum atomic E-state index is -0.598. The number of fused-ring (bicyclic) bond motifs is 2. The predicted octanol–water partition coefficient (Wildman–Crippen LogP) is 5.20. The summed E-state index contributed by atoms with van der Waals surface area (Å²) in [4.78, 5) is 0. The van der Waals surface area contributed by atoms with Crippen molar-refractivity contribution in [1.29, 1.82) is 0 Å². The molecular formula is C30H51O4+. The zero-order chi connectivity index (χ0) is 24.7. The van der Waals surface area contributed by atoms with Gasteiger partial charge in [-0.05, 0) is 110 Å². The molecule has 0 amide bonds. The standard InChI is InChI=1S/C30H50O4/c1-24(2)19-8-9-20-27(6)16-18(31)23(28(7)12-11-22(34-28)25(3,4)33)26(27,5)14-15-30(20)17-29(19,30)13-10-21(24)32/h18-23,31-33H,8-17H2,1-7H3/p+1/t18?,19?,20?,21?,22-,23?,26?,27-,28+,29?,30?/m0/s1. The van der Waals surface area contributed by atoms with Crippen molar-refractivity contribution in [3.63, 3.8) is 0 Å². The molecule has 1 saturated heterocycles. The first-order chi connectivity index (χ1) is 15.6. The SMILES string of the molecule is CC1(C)C(O)CCC23CC24CCC2(C)C([C@@]5(C)CC[C@@H](C(C)(C)[OH2+])O5)C(O)C[C@@]2(C)C4CCC13. The Hall–Kier alpha value is -0.160. The largest absolute Gasteiger partial charge is 0.439 e. The van der Waals surface area contributed by atoms with Crippen LogP contribution in [0.4, 0.5) is 0 Å². The quantitative estimate of drug-likeness (QED) is 0.539. The smallest absolute Gasteiger partial charge is 0.184 e. The molecule has 194 valence electrons. The molecule has 4 nitrogen and oxygen atoms in total. The highest BCUT2D eigenvalue weighted by Gasteiger charge is 2.83. The van der Waals surface area contributed by atoms with E-state index in [-0.39, 0.29) is 46.1 Å². The first kappa shape index (κ1) is 24.2. The van der Waals surface area contributed by atoms with Crippen LogP contribution >= 0.6 is 0 Å². The van der Waals surface area contributed by atoms with Crippen LogP contribution in [-0.2, 0) is 4.74 Å². The minimum Gasteiger partial charge on any atom is -0.439 e.